The van der Waals surface area contributed by atoms with Crippen LogP contribution in [0.15, 0.2) is 0 Å². The summed E-state index contributed by atoms with van der Waals surface area (Å²) in [6.45, 7) is 2.21. The van der Waals surface area contributed by atoms with E-state index in [0.29, 0.717) is 0 Å². The van der Waals surface area contributed by atoms with Crippen LogP contribution in [0, 0.1) is 0 Å². The first-order valence-electron chi connectivity index (χ1n) is 4.35. The molecule has 0 rings (SSSR count). The summed E-state index contributed by atoms with van der Waals surface area (Å²) < 4.78 is 0. The topological polar surface area (TPSA) is 17.1 Å². The molecule has 0 aromatic rings. The van der Waals surface area contributed by atoms with Crippen LogP contribution in [0.1, 0.15) is 51.9 Å². The molecule has 11 heavy (non-hydrogen) atoms. The van der Waals surface area contributed by atoms with Gasteiger partial charge in [-0.2, -0.15) is 0 Å². The van der Waals surface area contributed by atoms with Gasteiger partial charge >= 0.3 is 0 Å². The first kappa shape index (κ1) is 13.9. The maximum Gasteiger partial charge on any atom is 0.119 e. The van der Waals surface area contributed by atoms with E-state index >= 15 is 0 Å². The third-order valence-electron chi connectivity index (χ3n) is 1.68. The maximum atomic E-state index is 9.89. The third kappa shape index (κ3) is 13.4. The number of rotatable bonds is 7. The van der Waals surface area contributed by atoms with E-state index in [1.807, 2.05) is 0 Å². The molecule has 0 bridgehead atoms. The Balaban J connectivity index is 0. The van der Waals surface area contributed by atoms with Crippen molar-refractivity contribution in [3.8, 4) is 0 Å². The third-order valence-corrected chi connectivity index (χ3v) is 1.68. The van der Waals surface area contributed by atoms with E-state index in [0.717, 1.165) is 19.1 Å². The zero-order valence-electron chi connectivity index (χ0n) is 7.44. The van der Waals surface area contributed by atoms with Gasteiger partial charge < -0.3 is 4.79 Å². The molecule has 0 aliphatic heterocycles. The summed E-state index contributed by atoms with van der Waals surface area (Å²) in [4.78, 5) is 9.89. The van der Waals surface area contributed by atoms with Gasteiger partial charge in [0.25, 0.3) is 0 Å². The summed E-state index contributed by atoms with van der Waals surface area (Å²) in [7, 11) is 0. The van der Waals surface area contributed by atoms with Crippen molar-refractivity contribution in [1.82, 2.24) is 0 Å². The minimum absolute atomic E-state index is 0. The van der Waals surface area contributed by atoms with Crippen LogP contribution < -0.4 is 0 Å². The summed E-state index contributed by atoms with van der Waals surface area (Å²) >= 11 is 0. The predicted octanol–water partition coefficient (Wildman–Crippen LogP) is 2.93. The van der Waals surface area contributed by atoms with Crippen molar-refractivity contribution < 1.29 is 26.5 Å². The molecule has 0 radical (unpaired) electrons. The van der Waals surface area contributed by atoms with Crippen LogP contribution >= 0.6 is 0 Å². The van der Waals surface area contributed by atoms with Crippen LogP contribution in [0.2, 0.25) is 0 Å². The van der Waals surface area contributed by atoms with Gasteiger partial charge in [0.15, 0.2) is 0 Å². The van der Waals surface area contributed by atoms with Crippen molar-refractivity contribution in [3.63, 3.8) is 0 Å². The van der Waals surface area contributed by atoms with E-state index < -0.39 is 0 Å². The fourth-order valence-corrected chi connectivity index (χ4v) is 1.01. The van der Waals surface area contributed by atoms with Gasteiger partial charge in [0.1, 0.15) is 6.29 Å². The molecule has 0 aliphatic rings. The molecule has 0 spiro atoms. The Bertz CT molecular complexity index is 74.0. The van der Waals surface area contributed by atoms with Crippen LogP contribution in [0.5, 0.6) is 0 Å². The zero-order chi connectivity index (χ0) is 7.66. The summed E-state index contributed by atoms with van der Waals surface area (Å²) in [6.07, 6.45) is 9.39. The average Bonchev–Trinajstić information content (AvgIpc) is 1.97. The van der Waals surface area contributed by atoms with Crippen molar-refractivity contribution in [2.45, 2.75) is 51.9 Å². The zero-order valence-corrected chi connectivity index (χ0v) is 9.00. The second-order valence-corrected chi connectivity index (χ2v) is 2.72. The standard InChI is InChI=1S/C9H18O.Ti/c1-2-3-4-5-6-7-8-9-10;/h9H,2-8H2,1H3;. The maximum absolute atomic E-state index is 9.89. The Morgan fingerprint density at radius 1 is 1.00 bits per heavy atom. The number of carbonyl (C=O) groups is 1. The largest absolute Gasteiger partial charge is 0.303 e. The Morgan fingerprint density at radius 2 is 1.55 bits per heavy atom. The molecule has 0 heterocycles. The minimum Gasteiger partial charge on any atom is -0.303 e. The summed E-state index contributed by atoms with van der Waals surface area (Å²) in [5.41, 5.74) is 0. The quantitative estimate of drug-likeness (QED) is 0.342. The van der Waals surface area contributed by atoms with Crippen LogP contribution in [0.25, 0.3) is 0 Å². The Hall–Kier alpha value is 0.384. The fraction of sp³-hybridized carbons (Fsp3) is 0.889. The predicted molar refractivity (Wildman–Crippen MR) is 44.1 cm³/mol. The number of unbranched alkanes of at least 4 members (excludes halogenated alkanes) is 6. The van der Waals surface area contributed by atoms with Crippen molar-refractivity contribution >= 4 is 6.29 Å². The summed E-state index contributed by atoms with van der Waals surface area (Å²) in [5, 5.41) is 0. The van der Waals surface area contributed by atoms with Gasteiger partial charge in [-0.25, -0.2) is 0 Å². The molecule has 64 valence electrons. The average molecular weight is 190 g/mol. The number of hydrogen-bond donors (Lipinski definition) is 0. The molecular formula is C9H18OTi. The second kappa shape index (κ2) is 13.0. The second-order valence-electron chi connectivity index (χ2n) is 2.72. The molecule has 0 amide bonds. The van der Waals surface area contributed by atoms with Gasteiger partial charge in [-0.1, -0.05) is 39.0 Å². The summed E-state index contributed by atoms with van der Waals surface area (Å²) in [5.74, 6) is 0. The smallest absolute Gasteiger partial charge is 0.119 e. The van der Waals surface area contributed by atoms with Crippen LogP contribution in [0.3, 0.4) is 0 Å². The molecule has 0 saturated carbocycles. The Labute approximate surface area is 84.8 Å². The number of aldehydes is 1. The molecule has 2 heteroatoms. The molecule has 0 fully saturated rings. The summed E-state index contributed by atoms with van der Waals surface area (Å²) in [6, 6.07) is 0. The van der Waals surface area contributed by atoms with E-state index in [9.17, 15) is 4.79 Å². The monoisotopic (exact) mass is 190 g/mol. The first-order chi connectivity index (χ1) is 4.91. The van der Waals surface area contributed by atoms with Gasteiger partial charge in [-0.15, -0.1) is 0 Å². The first-order valence-corrected chi connectivity index (χ1v) is 4.35. The fourth-order valence-electron chi connectivity index (χ4n) is 1.01. The van der Waals surface area contributed by atoms with E-state index in [1.54, 1.807) is 0 Å². The molecule has 0 saturated heterocycles. The van der Waals surface area contributed by atoms with E-state index in [-0.39, 0.29) is 21.7 Å². The molecule has 1 nitrogen and oxygen atoms in total. The van der Waals surface area contributed by atoms with Crippen molar-refractivity contribution in [3.05, 3.63) is 0 Å². The van der Waals surface area contributed by atoms with Gasteiger partial charge in [0.05, 0.1) is 0 Å². The van der Waals surface area contributed by atoms with E-state index in [2.05, 4.69) is 6.92 Å². The van der Waals surface area contributed by atoms with Gasteiger partial charge in [-0.3, -0.25) is 0 Å². The molecule has 0 atom stereocenters. The number of hydrogen-bond acceptors (Lipinski definition) is 1. The Kier molecular flexibility index (Phi) is 16.5. The number of carbonyl (C=O) groups excluding carboxylic acids is 1. The van der Waals surface area contributed by atoms with E-state index in [4.69, 9.17) is 0 Å². The van der Waals surface area contributed by atoms with Gasteiger partial charge in [-0.05, 0) is 6.42 Å². The molecule has 0 N–H and O–H groups in total. The molecule has 0 aliphatic carbocycles. The minimum atomic E-state index is 0. The van der Waals surface area contributed by atoms with Crippen molar-refractivity contribution in [2.75, 3.05) is 0 Å². The SMILES string of the molecule is CCCCCCCCC=O.[Ti]. The van der Waals surface area contributed by atoms with Crippen LogP contribution in [-0.4, -0.2) is 6.29 Å². The van der Waals surface area contributed by atoms with Crippen LogP contribution in [0.4, 0.5) is 0 Å². The molecule has 0 aromatic carbocycles. The van der Waals surface area contributed by atoms with Crippen LogP contribution in [-0.2, 0) is 26.5 Å². The van der Waals surface area contributed by atoms with E-state index in [1.165, 1.54) is 32.1 Å². The normalized spacial score (nSPS) is 8.82. The van der Waals surface area contributed by atoms with Crippen molar-refractivity contribution in [2.24, 2.45) is 0 Å². The molecule has 0 unspecified atom stereocenters. The van der Waals surface area contributed by atoms with Gasteiger partial charge in [0.2, 0.25) is 0 Å². The molecule has 0 aromatic heterocycles. The van der Waals surface area contributed by atoms with Crippen molar-refractivity contribution in [1.29, 1.82) is 0 Å². The van der Waals surface area contributed by atoms with Gasteiger partial charge in [0, 0.05) is 28.1 Å². The molecular weight excluding hydrogens is 172 g/mol. The Morgan fingerprint density at radius 3 is 2.09 bits per heavy atom.